The summed E-state index contributed by atoms with van der Waals surface area (Å²) in [6.07, 6.45) is 8.27. The summed E-state index contributed by atoms with van der Waals surface area (Å²) in [5.74, 6) is 0.0314. The van der Waals surface area contributed by atoms with Gasteiger partial charge in [-0.2, -0.15) is 0 Å². The number of rotatable bonds is 7. The number of fused-ring (bicyclic) bond motifs is 1. The molecule has 1 amide bonds. The monoisotopic (exact) mass is 507 g/mol. The smallest absolute Gasteiger partial charge is 0.328 e. The molecule has 1 aromatic heterocycles. The van der Waals surface area contributed by atoms with Crippen molar-refractivity contribution in [1.82, 2.24) is 9.55 Å². The Morgan fingerprint density at radius 3 is 2.47 bits per heavy atom. The predicted molar refractivity (Wildman–Crippen MR) is 152 cm³/mol. The number of carbonyl (C=O) groups excluding carboxylic acids is 1. The second-order valence-corrected chi connectivity index (χ2v) is 10.4. The van der Waals surface area contributed by atoms with E-state index in [2.05, 4.69) is 57.3 Å². The number of aromatic nitrogens is 2. The van der Waals surface area contributed by atoms with Gasteiger partial charge in [0, 0.05) is 18.8 Å². The maximum Gasteiger partial charge on any atom is 0.328 e. The standard InChI is InChI=1S/C32H33N3O3/c1-22-33-28-15-14-26(20-29(28)35(22)2)25-12-9-24(10-13-25)21-32(17-4-3-5-18-32)31(38)34-27-8-6-7-23(19-27)11-16-30(36)37/h6-16,19-20H,3-5,17-18,21H2,1-2H3,(H,34,38)(H,36,37)/b16-11+. The van der Waals surface area contributed by atoms with Gasteiger partial charge >= 0.3 is 5.97 Å². The number of hydrogen-bond donors (Lipinski definition) is 2. The Morgan fingerprint density at radius 1 is 1.00 bits per heavy atom. The van der Waals surface area contributed by atoms with E-state index in [1.165, 1.54) is 6.08 Å². The first-order chi connectivity index (χ1) is 18.3. The SMILES string of the molecule is Cc1nc2ccc(-c3ccc(CC4(C(=O)Nc5cccc(/C=C/C(=O)O)c5)CCCCC4)cc3)cc2n1C. The number of carboxylic acids is 1. The van der Waals surface area contributed by atoms with Crippen molar-refractivity contribution in [2.24, 2.45) is 12.5 Å². The third-order valence-electron chi connectivity index (χ3n) is 7.79. The first-order valence-corrected chi connectivity index (χ1v) is 13.2. The van der Waals surface area contributed by atoms with E-state index in [0.29, 0.717) is 12.1 Å². The van der Waals surface area contributed by atoms with Crippen LogP contribution in [0.2, 0.25) is 0 Å². The summed E-state index contributed by atoms with van der Waals surface area (Å²) < 4.78 is 2.11. The van der Waals surface area contributed by atoms with Crippen molar-refractivity contribution in [1.29, 1.82) is 0 Å². The fraction of sp³-hybridized carbons (Fsp3) is 0.281. The van der Waals surface area contributed by atoms with Crippen LogP contribution < -0.4 is 5.32 Å². The average molecular weight is 508 g/mol. The molecule has 0 unspecified atom stereocenters. The van der Waals surface area contributed by atoms with E-state index in [-0.39, 0.29) is 5.91 Å². The molecule has 3 aromatic carbocycles. The van der Waals surface area contributed by atoms with E-state index < -0.39 is 11.4 Å². The third-order valence-corrected chi connectivity index (χ3v) is 7.79. The molecular formula is C32H33N3O3. The highest BCUT2D eigenvalue weighted by Gasteiger charge is 2.39. The molecule has 0 atom stereocenters. The second kappa shape index (κ2) is 10.7. The summed E-state index contributed by atoms with van der Waals surface area (Å²) in [5.41, 5.74) is 6.51. The predicted octanol–water partition coefficient (Wildman–Crippen LogP) is 6.78. The van der Waals surface area contributed by atoms with Crippen LogP contribution in [-0.2, 0) is 23.1 Å². The lowest BCUT2D eigenvalue weighted by Crippen LogP contribution is -2.40. The Labute approximate surface area is 223 Å². The Kier molecular flexibility index (Phi) is 7.14. The first kappa shape index (κ1) is 25.5. The molecule has 0 spiro atoms. The minimum atomic E-state index is -1.00. The van der Waals surface area contributed by atoms with Crippen molar-refractivity contribution in [2.45, 2.75) is 45.4 Å². The lowest BCUT2D eigenvalue weighted by atomic mass is 9.69. The van der Waals surface area contributed by atoms with Crippen molar-refractivity contribution in [3.63, 3.8) is 0 Å². The van der Waals surface area contributed by atoms with Crippen molar-refractivity contribution >= 4 is 34.7 Å². The van der Waals surface area contributed by atoms with Crippen molar-refractivity contribution in [2.75, 3.05) is 5.32 Å². The molecule has 0 bridgehead atoms. The second-order valence-electron chi connectivity index (χ2n) is 10.4. The number of benzene rings is 3. The zero-order chi connectivity index (χ0) is 26.7. The Hall–Kier alpha value is -4.19. The maximum absolute atomic E-state index is 13.7. The van der Waals surface area contributed by atoms with Crippen LogP contribution in [0.5, 0.6) is 0 Å². The third kappa shape index (κ3) is 5.40. The highest BCUT2D eigenvalue weighted by atomic mass is 16.4. The van der Waals surface area contributed by atoms with Crippen LogP contribution in [0.25, 0.3) is 28.2 Å². The van der Waals surface area contributed by atoms with Gasteiger partial charge < -0.3 is 15.0 Å². The molecule has 6 heteroatoms. The number of amides is 1. The number of hydrogen-bond acceptors (Lipinski definition) is 3. The van der Waals surface area contributed by atoms with Gasteiger partial charge in [0.15, 0.2) is 0 Å². The molecule has 4 aromatic rings. The van der Waals surface area contributed by atoms with Gasteiger partial charge in [-0.25, -0.2) is 9.78 Å². The summed E-state index contributed by atoms with van der Waals surface area (Å²) in [6.45, 7) is 2.01. The van der Waals surface area contributed by atoms with Gasteiger partial charge in [0.1, 0.15) is 5.82 Å². The zero-order valence-corrected chi connectivity index (χ0v) is 21.9. The van der Waals surface area contributed by atoms with Gasteiger partial charge in [0.05, 0.1) is 16.4 Å². The molecule has 1 aliphatic carbocycles. The van der Waals surface area contributed by atoms with E-state index >= 15 is 0 Å². The molecule has 0 radical (unpaired) electrons. The molecule has 194 valence electrons. The number of nitrogens with zero attached hydrogens (tertiary/aromatic N) is 2. The number of aliphatic carboxylic acids is 1. The molecule has 5 rings (SSSR count). The van der Waals surface area contributed by atoms with Crippen LogP contribution in [-0.4, -0.2) is 26.5 Å². The fourth-order valence-corrected chi connectivity index (χ4v) is 5.56. The molecule has 38 heavy (non-hydrogen) atoms. The summed E-state index contributed by atoms with van der Waals surface area (Å²) in [5, 5.41) is 12.0. The van der Waals surface area contributed by atoms with Gasteiger partial charge in [-0.1, -0.05) is 61.7 Å². The minimum Gasteiger partial charge on any atom is -0.478 e. The molecule has 0 saturated heterocycles. The number of anilines is 1. The average Bonchev–Trinajstić information content (AvgIpc) is 3.21. The molecule has 1 saturated carbocycles. The summed E-state index contributed by atoms with van der Waals surface area (Å²) in [7, 11) is 2.04. The lowest BCUT2D eigenvalue weighted by molar-refractivity contribution is -0.131. The van der Waals surface area contributed by atoms with Gasteiger partial charge in [-0.05, 0) is 78.8 Å². The molecular weight excluding hydrogens is 474 g/mol. The van der Waals surface area contributed by atoms with Gasteiger partial charge in [-0.3, -0.25) is 4.79 Å². The Morgan fingerprint density at radius 2 is 1.74 bits per heavy atom. The number of aryl methyl sites for hydroxylation is 2. The van der Waals surface area contributed by atoms with E-state index in [4.69, 9.17) is 5.11 Å². The van der Waals surface area contributed by atoms with Gasteiger partial charge in [0.2, 0.25) is 5.91 Å². The quantitative estimate of drug-likeness (QED) is 0.270. The van der Waals surface area contributed by atoms with E-state index in [0.717, 1.165) is 77.3 Å². The van der Waals surface area contributed by atoms with Crippen LogP contribution in [0.4, 0.5) is 5.69 Å². The Bertz CT molecular complexity index is 1510. The number of carboxylic acid groups (broad SMARTS) is 1. The topological polar surface area (TPSA) is 84.2 Å². The van der Waals surface area contributed by atoms with Crippen LogP contribution in [0.15, 0.2) is 72.8 Å². The zero-order valence-electron chi connectivity index (χ0n) is 21.9. The number of nitrogens with one attached hydrogen (secondary N) is 1. The maximum atomic E-state index is 13.7. The minimum absolute atomic E-state index is 0.0395. The molecule has 2 N–H and O–H groups in total. The molecule has 0 aliphatic heterocycles. The fourth-order valence-electron chi connectivity index (χ4n) is 5.56. The van der Waals surface area contributed by atoms with Crippen LogP contribution in [0.1, 0.15) is 49.1 Å². The van der Waals surface area contributed by atoms with Crippen LogP contribution >= 0.6 is 0 Å². The van der Waals surface area contributed by atoms with Crippen LogP contribution in [0.3, 0.4) is 0 Å². The lowest BCUT2D eigenvalue weighted by Gasteiger charge is -2.36. The molecule has 6 nitrogen and oxygen atoms in total. The molecule has 1 fully saturated rings. The van der Waals surface area contributed by atoms with Gasteiger partial charge in [0.25, 0.3) is 0 Å². The number of imidazole rings is 1. The molecule has 1 heterocycles. The number of carbonyl (C=O) groups is 2. The largest absolute Gasteiger partial charge is 0.478 e. The highest BCUT2D eigenvalue weighted by Crippen LogP contribution is 2.41. The normalized spacial score (nSPS) is 15.1. The van der Waals surface area contributed by atoms with Crippen molar-refractivity contribution < 1.29 is 14.7 Å². The van der Waals surface area contributed by atoms with Crippen molar-refractivity contribution in [3.8, 4) is 11.1 Å². The van der Waals surface area contributed by atoms with Crippen LogP contribution in [0, 0.1) is 12.3 Å². The Balaban J connectivity index is 1.35. The van der Waals surface area contributed by atoms with E-state index in [9.17, 15) is 9.59 Å². The highest BCUT2D eigenvalue weighted by molar-refractivity contribution is 5.96. The van der Waals surface area contributed by atoms with E-state index in [1.807, 2.05) is 38.2 Å². The van der Waals surface area contributed by atoms with Crippen molar-refractivity contribution in [3.05, 3.63) is 89.8 Å². The summed E-state index contributed by atoms with van der Waals surface area (Å²) >= 11 is 0. The van der Waals surface area contributed by atoms with E-state index in [1.54, 1.807) is 0 Å². The summed E-state index contributed by atoms with van der Waals surface area (Å²) in [6, 6.07) is 22.3. The molecule has 1 aliphatic rings. The van der Waals surface area contributed by atoms with Gasteiger partial charge in [-0.15, -0.1) is 0 Å². The first-order valence-electron chi connectivity index (χ1n) is 13.2. The summed E-state index contributed by atoms with van der Waals surface area (Å²) in [4.78, 5) is 29.2.